The Morgan fingerprint density at radius 3 is 3.05 bits per heavy atom. The molecule has 0 unspecified atom stereocenters. The van der Waals surface area contributed by atoms with Crippen molar-refractivity contribution >= 4 is 22.9 Å². The first-order valence-corrected chi connectivity index (χ1v) is 7.30. The van der Waals surface area contributed by atoms with Crippen molar-refractivity contribution in [1.29, 1.82) is 0 Å². The number of aryl methyl sites for hydroxylation is 1. The Morgan fingerprint density at radius 1 is 1.45 bits per heavy atom. The maximum atomic E-state index is 12.2. The lowest BCUT2D eigenvalue weighted by Crippen LogP contribution is -2.11. The van der Waals surface area contributed by atoms with E-state index in [1.54, 1.807) is 48.9 Å². The minimum atomic E-state index is -0.279. The number of carbonyl (C=O) groups excluding carboxylic acids is 1. The molecule has 0 aliphatic carbocycles. The zero-order chi connectivity index (χ0) is 15.5. The molecule has 0 aliphatic heterocycles. The summed E-state index contributed by atoms with van der Waals surface area (Å²) in [7, 11) is 3.33. The lowest BCUT2D eigenvalue weighted by molar-refractivity contribution is 0.102. The van der Waals surface area contributed by atoms with Crippen LogP contribution in [0.1, 0.15) is 10.5 Å². The van der Waals surface area contributed by atoms with Crippen LogP contribution in [-0.2, 0) is 7.05 Å². The summed E-state index contributed by atoms with van der Waals surface area (Å²) in [4.78, 5) is 20.7. The first-order valence-electron chi connectivity index (χ1n) is 6.42. The van der Waals surface area contributed by atoms with Crippen molar-refractivity contribution in [3.8, 4) is 16.5 Å². The number of rotatable bonds is 4. The van der Waals surface area contributed by atoms with Gasteiger partial charge in [-0.2, -0.15) is 5.10 Å². The average Bonchev–Trinajstić information content (AvgIpc) is 3.16. The summed E-state index contributed by atoms with van der Waals surface area (Å²) in [5.74, 6) is 0.203. The van der Waals surface area contributed by atoms with Gasteiger partial charge in [-0.1, -0.05) is 0 Å². The molecule has 0 saturated heterocycles. The van der Waals surface area contributed by atoms with Gasteiger partial charge in [0, 0.05) is 24.8 Å². The van der Waals surface area contributed by atoms with Crippen molar-refractivity contribution in [1.82, 2.24) is 19.7 Å². The minimum Gasteiger partial charge on any atom is -0.480 e. The van der Waals surface area contributed by atoms with Crippen molar-refractivity contribution in [2.75, 3.05) is 12.4 Å². The Morgan fingerprint density at radius 2 is 2.32 bits per heavy atom. The molecule has 3 aromatic rings. The molecule has 0 bridgehead atoms. The molecular weight excluding hydrogens is 302 g/mol. The van der Waals surface area contributed by atoms with Gasteiger partial charge in [-0.3, -0.25) is 9.48 Å². The van der Waals surface area contributed by atoms with E-state index in [0.29, 0.717) is 22.3 Å². The molecule has 0 saturated carbocycles. The molecule has 0 fully saturated rings. The molecule has 3 heterocycles. The number of amides is 1. The van der Waals surface area contributed by atoms with Crippen molar-refractivity contribution in [3.63, 3.8) is 0 Å². The zero-order valence-corrected chi connectivity index (χ0v) is 12.8. The molecule has 7 nitrogen and oxygen atoms in total. The van der Waals surface area contributed by atoms with E-state index in [9.17, 15) is 4.79 Å². The van der Waals surface area contributed by atoms with Crippen LogP contribution in [0.4, 0.5) is 5.69 Å². The molecule has 0 aromatic carbocycles. The number of methoxy groups -OCH3 is 1. The van der Waals surface area contributed by atoms with Gasteiger partial charge >= 0.3 is 0 Å². The number of nitrogens with zero attached hydrogens (tertiary/aromatic N) is 4. The number of pyridine rings is 1. The molecule has 3 aromatic heterocycles. The van der Waals surface area contributed by atoms with Gasteiger partial charge < -0.3 is 10.1 Å². The Kier molecular flexibility index (Phi) is 3.84. The van der Waals surface area contributed by atoms with Crippen LogP contribution in [0.15, 0.2) is 36.1 Å². The van der Waals surface area contributed by atoms with Crippen molar-refractivity contribution in [3.05, 3.63) is 41.8 Å². The summed E-state index contributed by atoms with van der Waals surface area (Å²) in [6, 6.07) is 3.65. The number of carbonyl (C=O) groups is 1. The van der Waals surface area contributed by atoms with Gasteiger partial charge in [0.05, 0.1) is 24.6 Å². The van der Waals surface area contributed by atoms with Crippen LogP contribution in [0.5, 0.6) is 5.88 Å². The summed E-state index contributed by atoms with van der Waals surface area (Å²) in [6.07, 6.45) is 4.94. The number of ether oxygens (including phenoxy) is 1. The van der Waals surface area contributed by atoms with Crippen LogP contribution in [0.3, 0.4) is 0 Å². The molecule has 112 valence electrons. The number of anilines is 1. The molecule has 1 N–H and O–H groups in total. The third kappa shape index (κ3) is 2.82. The third-order valence-corrected chi connectivity index (χ3v) is 3.77. The van der Waals surface area contributed by atoms with Crippen LogP contribution < -0.4 is 10.1 Å². The standard InChI is InChI=1S/C14H13N5O2S/c1-19-7-9(6-16-19)17-12(20)11-8-22-14(18-11)10-4-3-5-15-13(10)21-2/h3-8H,1-2H3,(H,17,20). The van der Waals surface area contributed by atoms with E-state index in [1.807, 2.05) is 6.07 Å². The van der Waals surface area contributed by atoms with E-state index in [2.05, 4.69) is 20.4 Å². The molecule has 0 atom stereocenters. The minimum absolute atomic E-state index is 0.279. The summed E-state index contributed by atoms with van der Waals surface area (Å²) < 4.78 is 6.83. The first-order chi connectivity index (χ1) is 10.7. The molecule has 3 rings (SSSR count). The van der Waals surface area contributed by atoms with Crippen LogP contribution in [0.25, 0.3) is 10.6 Å². The molecular formula is C14H13N5O2S. The second-order valence-electron chi connectivity index (χ2n) is 4.45. The maximum absolute atomic E-state index is 12.2. The number of nitrogens with one attached hydrogen (secondary N) is 1. The van der Waals surface area contributed by atoms with Gasteiger partial charge in [0.15, 0.2) is 0 Å². The lowest BCUT2D eigenvalue weighted by Gasteiger charge is -2.03. The molecule has 22 heavy (non-hydrogen) atoms. The first kappa shape index (κ1) is 14.2. The van der Waals surface area contributed by atoms with E-state index in [0.717, 1.165) is 5.56 Å². The van der Waals surface area contributed by atoms with E-state index in [1.165, 1.54) is 11.3 Å². The lowest BCUT2D eigenvalue weighted by atomic mass is 10.3. The second-order valence-corrected chi connectivity index (χ2v) is 5.31. The maximum Gasteiger partial charge on any atom is 0.275 e. The topological polar surface area (TPSA) is 81.9 Å². The van der Waals surface area contributed by atoms with E-state index in [4.69, 9.17) is 4.74 Å². The highest BCUT2D eigenvalue weighted by Crippen LogP contribution is 2.30. The van der Waals surface area contributed by atoms with Crippen molar-refractivity contribution in [2.45, 2.75) is 0 Å². The molecule has 0 spiro atoms. The highest BCUT2D eigenvalue weighted by molar-refractivity contribution is 7.13. The zero-order valence-electron chi connectivity index (χ0n) is 12.0. The fourth-order valence-electron chi connectivity index (χ4n) is 1.90. The number of hydrogen-bond donors (Lipinski definition) is 1. The summed E-state index contributed by atoms with van der Waals surface area (Å²) >= 11 is 1.36. The number of hydrogen-bond acceptors (Lipinski definition) is 6. The Hall–Kier alpha value is -2.74. The van der Waals surface area contributed by atoms with Gasteiger partial charge in [0.1, 0.15) is 10.7 Å². The van der Waals surface area contributed by atoms with Crippen LogP contribution in [0, 0.1) is 0 Å². The van der Waals surface area contributed by atoms with Gasteiger partial charge in [0.2, 0.25) is 5.88 Å². The monoisotopic (exact) mass is 315 g/mol. The largest absolute Gasteiger partial charge is 0.480 e. The Labute approximate surface area is 130 Å². The predicted molar refractivity (Wildman–Crippen MR) is 83.1 cm³/mol. The van der Waals surface area contributed by atoms with Gasteiger partial charge in [0.25, 0.3) is 5.91 Å². The Bertz CT molecular complexity index is 811. The fourth-order valence-corrected chi connectivity index (χ4v) is 2.72. The summed E-state index contributed by atoms with van der Waals surface area (Å²) in [5.41, 5.74) is 1.73. The normalized spacial score (nSPS) is 10.5. The fraction of sp³-hybridized carbons (Fsp3) is 0.143. The highest BCUT2D eigenvalue weighted by atomic mass is 32.1. The number of thiazole rings is 1. The quantitative estimate of drug-likeness (QED) is 0.798. The van der Waals surface area contributed by atoms with Gasteiger partial charge in [-0.25, -0.2) is 9.97 Å². The Balaban J connectivity index is 1.82. The van der Waals surface area contributed by atoms with Crippen LogP contribution in [-0.4, -0.2) is 32.8 Å². The average molecular weight is 315 g/mol. The van der Waals surface area contributed by atoms with E-state index >= 15 is 0 Å². The third-order valence-electron chi connectivity index (χ3n) is 2.89. The van der Waals surface area contributed by atoms with E-state index in [-0.39, 0.29) is 5.91 Å². The molecule has 0 radical (unpaired) electrons. The summed E-state index contributed by atoms with van der Waals surface area (Å²) in [6.45, 7) is 0. The summed E-state index contributed by atoms with van der Waals surface area (Å²) in [5, 5.41) is 9.13. The van der Waals surface area contributed by atoms with E-state index < -0.39 is 0 Å². The van der Waals surface area contributed by atoms with Gasteiger partial charge in [-0.15, -0.1) is 11.3 Å². The van der Waals surface area contributed by atoms with Crippen molar-refractivity contribution < 1.29 is 9.53 Å². The second kappa shape index (κ2) is 5.94. The van der Waals surface area contributed by atoms with Gasteiger partial charge in [-0.05, 0) is 12.1 Å². The molecule has 8 heteroatoms. The van der Waals surface area contributed by atoms with Crippen molar-refractivity contribution in [2.24, 2.45) is 7.05 Å². The van der Waals surface area contributed by atoms with Crippen LogP contribution >= 0.6 is 11.3 Å². The smallest absolute Gasteiger partial charge is 0.275 e. The molecule has 0 aliphatic rings. The molecule has 1 amide bonds. The van der Waals surface area contributed by atoms with Crippen LogP contribution in [0.2, 0.25) is 0 Å². The SMILES string of the molecule is COc1ncccc1-c1nc(C(=O)Nc2cnn(C)c2)cs1. The highest BCUT2D eigenvalue weighted by Gasteiger charge is 2.15. The number of aromatic nitrogens is 4. The predicted octanol–water partition coefficient (Wildman–Crippen LogP) is 2.20.